The predicted molar refractivity (Wildman–Crippen MR) is 178 cm³/mol. The van der Waals surface area contributed by atoms with Crippen molar-refractivity contribution in [2.24, 2.45) is 5.92 Å². The Bertz CT molecular complexity index is 1720. The second-order valence-corrected chi connectivity index (χ2v) is 13.7. The Balaban J connectivity index is 1.42. The number of hydrogen-bond donors (Lipinski definition) is 2. The van der Waals surface area contributed by atoms with Crippen molar-refractivity contribution in [2.75, 3.05) is 31.5 Å². The number of aliphatic hydroxyl groups is 1. The van der Waals surface area contributed by atoms with E-state index in [1.54, 1.807) is 30.0 Å². The van der Waals surface area contributed by atoms with Gasteiger partial charge in [0.1, 0.15) is 6.10 Å². The van der Waals surface area contributed by atoms with Gasteiger partial charge in [-0.3, -0.25) is 14.4 Å². The number of carbonyl (C=O) groups is 1. The number of ether oxygens (including phenoxy) is 1. The molecule has 2 N–H and O–H groups in total. The minimum absolute atomic E-state index is 0.0279. The van der Waals surface area contributed by atoms with Crippen LogP contribution in [0.2, 0.25) is 5.02 Å². The summed E-state index contributed by atoms with van der Waals surface area (Å²) in [5.41, 5.74) is 3.82. The zero-order chi connectivity index (χ0) is 32.1. The van der Waals surface area contributed by atoms with E-state index in [1.165, 1.54) is 24.3 Å². The van der Waals surface area contributed by atoms with E-state index >= 15 is 0 Å². The normalized spacial score (nSPS) is 17.6. The molecule has 5 rings (SSSR count). The zero-order valence-corrected chi connectivity index (χ0v) is 27.1. The number of carbonyl (C=O) groups excluding carboxylic acids is 1. The van der Waals surface area contributed by atoms with Gasteiger partial charge in [-0.15, -0.1) is 0 Å². The van der Waals surface area contributed by atoms with Crippen LogP contribution in [0.25, 0.3) is 11.1 Å². The Labute approximate surface area is 270 Å². The van der Waals surface area contributed by atoms with Crippen molar-refractivity contribution < 1.29 is 23.1 Å². The van der Waals surface area contributed by atoms with Crippen LogP contribution in [0.5, 0.6) is 5.75 Å². The average molecular weight is 648 g/mol. The van der Waals surface area contributed by atoms with Gasteiger partial charge in [0.2, 0.25) is 0 Å². The van der Waals surface area contributed by atoms with Crippen LogP contribution in [0, 0.1) is 5.92 Å². The minimum atomic E-state index is -4.02. The number of para-hydroxylation sites is 1. The quantitative estimate of drug-likeness (QED) is 0.214. The molecule has 8 nitrogen and oxygen atoms in total. The molecule has 0 radical (unpaired) electrons. The summed E-state index contributed by atoms with van der Waals surface area (Å²) in [6.45, 7) is 5.12. The van der Waals surface area contributed by atoms with Gasteiger partial charge < -0.3 is 14.7 Å². The summed E-state index contributed by atoms with van der Waals surface area (Å²) in [7, 11) is -2.01. The molecule has 0 saturated carbocycles. The SMILES string of the molecule is C[C@@H]1CN([C@@H](C)CO)C(=O)c2cccc(NS(=O)(=O)c3ccc(Cl)cc3)c2O[C@@H]1CN(C)Cc1ccc(-c2ccccc2)cc1. The van der Waals surface area contributed by atoms with E-state index in [0.717, 1.165) is 16.7 Å². The molecule has 236 valence electrons. The molecule has 4 aromatic carbocycles. The number of anilines is 1. The third-order valence-corrected chi connectivity index (χ3v) is 9.70. The van der Waals surface area contributed by atoms with Crippen LogP contribution in [0.4, 0.5) is 5.69 Å². The number of fused-ring (bicyclic) bond motifs is 1. The summed E-state index contributed by atoms with van der Waals surface area (Å²) < 4.78 is 35.9. The lowest BCUT2D eigenvalue weighted by Gasteiger charge is -2.38. The molecule has 1 aliphatic heterocycles. The second-order valence-electron chi connectivity index (χ2n) is 11.6. The molecular formula is C35H38ClN3O5S. The molecular weight excluding hydrogens is 610 g/mol. The summed E-state index contributed by atoms with van der Waals surface area (Å²) in [6.07, 6.45) is -0.403. The van der Waals surface area contributed by atoms with Crippen LogP contribution in [0.3, 0.4) is 0 Å². The minimum Gasteiger partial charge on any atom is -0.486 e. The third-order valence-electron chi connectivity index (χ3n) is 8.06. The highest BCUT2D eigenvalue weighted by Crippen LogP contribution is 2.36. The molecule has 0 spiro atoms. The topological polar surface area (TPSA) is 99.2 Å². The highest BCUT2D eigenvalue weighted by molar-refractivity contribution is 7.92. The van der Waals surface area contributed by atoms with E-state index < -0.39 is 22.2 Å². The summed E-state index contributed by atoms with van der Waals surface area (Å²) >= 11 is 5.97. The number of nitrogens with one attached hydrogen (secondary N) is 1. The van der Waals surface area contributed by atoms with E-state index in [0.29, 0.717) is 24.7 Å². The third kappa shape index (κ3) is 7.68. The first-order valence-corrected chi connectivity index (χ1v) is 16.7. The highest BCUT2D eigenvalue weighted by Gasteiger charge is 2.35. The van der Waals surface area contributed by atoms with Crippen molar-refractivity contribution in [1.29, 1.82) is 0 Å². The highest BCUT2D eigenvalue weighted by atomic mass is 35.5. The largest absolute Gasteiger partial charge is 0.486 e. The average Bonchev–Trinajstić information content (AvgIpc) is 3.03. The maximum absolute atomic E-state index is 13.8. The number of amides is 1. The van der Waals surface area contributed by atoms with Gasteiger partial charge in [-0.05, 0) is 67.1 Å². The molecule has 10 heteroatoms. The zero-order valence-electron chi connectivity index (χ0n) is 25.6. The first-order valence-electron chi connectivity index (χ1n) is 14.9. The van der Waals surface area contributed by atoms with Crippen molar-refractivity contribution in [2.45, 2.75) is 37.4 Å². The fraction of sp³-hybridized carbons (Fsp3) is 0.286. The Kier molecular flexibility index (Phi) is 10.1. The summed E-state index contributed by atoms with van der Waals surface area (Å²) in [6, 6.07) is 28.9. The number of nitrogens with zero attached hydrogens (tertiary/aromatic N) is 2. The van der Waals surface area contributed by atoms with Crippen LogP contribution in [0.15, 0.2) is 102 Å². The monoisotopic (exact) mass is 647 g/mol. The molecule has 45 heavy (non-hydrogen) atoms. The Morgan fingerprint density at radius 3 is 2.31 bits per heavy atom. The second kappa shape index (κ2) is 14.0. The predicted octanol–water partition coefficient (Wildman–Crippen LogP) is 6.16. The van der Waals surface area contributed by atoms with E-state index in [4.69, 9.17) is 16.3 Å². The molecule has 0 unspecified atom stereocenters. The van der Waals surface area contributed by atoms with E-state index in [9.17, 15) is 18.3 Å². The summed E-state index contributed by atoms with van der Waals surface area (Å²) in [4.78, 5) is 17.6. The molecule has 0 bridgehead atoms. The Hall–Kier alpha value is -3.89. The number of halogens is 1. The number of sulfonamides is 1. The van der Waals surface area contributed by atoms with E-state index in [-0.39, 0.29) is 40.3 Å². The number of benzene rings is 4. The van der Waals surface area contributed by atoms with Crippen molar-refractivity contribution >= 4 is 33.2 Å². The lowest BCUT2D eigenvalue weighted by atomic mass is 9.98. The van der Waals surface area contributed by atoms with E-state index in [2.05, 4.69) is 46.0 Å². The fourth-order valence-electron chi connectivity index (χ4n) is 5.48. The molecule has 1 amide bonds. The maximum atomic E-state index is 13.8. The molecule has 0 saturated heterocycles. The van der Waals surface area contributed by atoms with Gasteiger partial charge in [-0.1, -0.05) is 79.2 Å². The van der Waals surface area contributed by atoms with Crippen LogP contribution in [-0.2, 0) is 16.6 Å². The maximum Gasteiger partial charge on any atom is 0.262 e. The van der Waals surface area contributed by atoms with Crippen molar-refractivity contribution in [3.63, 3.8) is 0 Å². The molecule has 0 aromatic heterocycles. The summed E-state index contributed by atoms with van der Waals surface area (Å²) in [5, 5.41) is 10.4. The fourth-order valence-corrected chi connectivity index (χ4v) is 6.66. The van der Waals surface area contributed by atoms with Gasteiger partial charge in [0.15, 0.2) is 5.75 Å². The van der Waals surface area contributed by atoms with Crippen molar-refractivity contribution in [3.05, 3.63) is 113 Å². The molecule has 0 aliphatic carbocycles. The van der Waals surface area contributed by atoms with Crippen molar-refractivity contribution in [1.82, 2.24) is 9.80 Å². The van der Waals surface area contributed by atoms with Gasteiger partial charge in [0, 0.05) is 30.6 Å². The molecule has 0 fully saturated rings. The van der Waals surface area contributed by atoms with Crippen molar-refractivity contribution in [3.8, 4) is 16.9 Å². The number of hydrogen-bond acceptors (Lipinski definition) is 6. The standard InChI is InChI=1S/C35H38ClN3O5S/c1-24-20-39(25(2)23-40)35(41)31-10-7-11-32(37-45(42,43)30-18-16-29(36)17-19-30)34(31)44-33(24)22-38(3)21-26-12-14-28(15-13-26)27-8-5-4-6-9-27/h4-19,24-25,33,37,40H,20-23H2,1-3H3/t24-,25+,33-/m1/s1. The van der Waals surface area contributed by atoms with Crippen LogP contribution >= 0.6 is 11.6 Å². The van der Waals surface area contributed by atoms with Gasteiger partial charge in [-0.2, -0.15) is 0 Å². The molecule has 1 heterocycles. The number of aliphatic hydroxyl groups excluding tert-OH is 1. The van der Waals surface area contributed by atoms with Crippen LogP contribution in [0.1, 0.15) is 29.8 Å². The lowest BCUT2D eigenvalue weighted by Crippen LogP contribution is -2.49. The van der Waals surface area contributed by atoms with Crippen LogP contribution < -0.4 is 9.46 Å². The first kappa shape index (κ1) is 32.5. The van der Waals surface area contributed by atoms with Gasteiger partial charge in [-0.25, -0.2) is 8.42 Å². The Morgan fingerprint density at radius 2 is 1.64 bits per heavy atom. The van der Waals surface area contributed by atoms with Gasteiger partial charge >= 0.3 is 0 Å². The number of likely N-dealkylation sites (N-methyl/N-ethyl adjacent to an activating group) is 1. The first-order chi connectivity index (χ1) is 21.6. The molecule has 4 aromatic rings. The summed E-state index contributed by atoms with van der Waals surface area (Å²) in [5.74, 6) is -0.316. The van der Waals surface area contributed by atoms with E-state index in [1.807, 2.05) is 32.2 Å². The number of rotatable bonds is 10. The van der Waals surface area contributed by atoms with Gasteiger partial charge in [0.05, 0.1) is 28.8 Å². The molecule has 1 aliphatic rings. The van der Waals surface area contributed by atoms with Crippen LogP contribution in [-0.4, -0.2) is 68.1 Å². The Morgan fingerprint density at radius 1 is 0.978 bits per heavy atom. The molecule has 3 atom stereocenters. The smallest absolute Gasteiger partial charge is 0.262 e. The lowest BCUT2D eigenvalue weighted by molar-refractivity contribution is 0.0344. The van der Waals surface area contributed by atoms with Gasteiger partial charge in [0.25, 0.3) is 15.9 Å².